The van der Waals surface area contributed by atoms with Gasteiger partial charge in [-0.25, -0.2) is 12.1 Å². The molecule has 1 rings (SSSR count). The standard InChI is InChI=1S/C5H5.CH3.2FH.Rh/c1-2-4-5-3-1;;;;/h1-5H;1H3;2*1H;/q2*-1;;;+2/p-2. The molecular weight excluding hydrogens is 213 g/mol. The van der Waals surface area contributed by atoms with Gasteiger partial charge in [0.1, 0.15) is 0 Å². The van der Waals surface area contributed by atoms with Crippen LogP contribution in [0.15, 0.2) is 30.3 Å². The van der Waals surface area contributed by atoms with Gasteiger partial charge in [-0.2, -0.15) is 18.2 Å². The van der Waals surface area contributed by atoms with Crippen molar-refractivity contribution in [3.63, 3.8) is 0 Å². The number of rotatable bonds is 0. The molecule has 0 fully saturated rings. The van der Waals surface area contributed by atoms with Crippen LogP contribution in [0.3, 0.4) is 0 Å². The number of hydrogen-bond acceptors (Lipinski definition) is 0. The van der Waals surface area contributed by atoms with E-state index in [0.717, 1.165) is 0 Å². The summed E-state index contributed by atoms with van der Waals surface area (Å²) in [5, 5.41) is 0. The zero-order valence-corrected chi connectivity index (χ0v) is 6.61. The molecule has 57 valence electrons. The van der Waals surface area contributed by atoms with Crippen LogP contribution in [0.1, 0.15) is 0 Å². The predicted molar refractivity (Wildman–Crippen MR) is 30.7 cm³/mol. The van der Waals surface area contributed by atoms with Crippen molar-refractivity contribution in [3.05, 3.63) is 37.8 Å². The van der Waals surface area contributed by atoms with Crippen molar-refractivity contribution in [2.24, 2.45) is 0 Å². The SMILES string of the molecule is [CH3-].[F][Rh][F].c1cc[cH-]c1. The van der Waals surface area contributed by atoms with Crippen molar-refractivity contribution in [1.82, 2.24) is 0 Å². The van der Waals surface area contributed by atoms with Crippen LogP contribution in [0, 0.1) is 7.43 Å². The zero-order chi connectivity index (χ0) is 6.24. The fourth-order valence-corrected chi connectivity index (χ4v) is 0.321. The Balaban J connectivity index is 0. The van der Waals surface area contributed by atoms with Gasteiger partial charge in [0.05, 0.1) is 0 Å². The van der Waals surface area contributed by atoms with E-state index in [1.807, 2.05) is 30.3 Å². The van der Waals surface area contributed by atoms with E-state index in [1.54, 1.807) is 0 Å². The van der Waals surface area contributed by atoms with Crippen LogP contribution in [0.2, 0.25) is 0 Å². The Labute approximate surface area is 63.0 Å². The summed E-state index contributed by atoms with van der Waals surface area (Å²) in [6.07, 6.45) is 0. The first-order chi connectivity index (χ1) is 3.91. The van der Waals surface area contributed by atoms with Crippen molar-refractivity contribution in [2.75, 3.05) is 0 Å². The minimum Gasteiger partial charge on any atom is -0.214 e. The maximum atomic E-state index is 9.70. The maximum absolute atomic E-state index is 9.70. The number of hydrogen-bond donors (Lipinski definition) is 0. The second kappa shape index (κ2) is 10.7. The Hall–Kier alpha value is -0.167. The van der Waals surface area contributed by atoms with Crippen LogP contribution in [0.4, 0.5) is 6.63 Å². The van der Waals surface area contributed by atoms with Gasteiger partial charge < -0.3 is 7.43 Å². The molecule has 1 aromatic rings. The molecule has 0 bridgehead atoms. The molecule has 9 heavy (non-hydrogen) atoms. The molecule has 0 aliphatic heterocycles. The first kappa shape index (κ1) is 11.6. The summed E-state index contributed by atoms with van der Waals surface area (Å²) in [6, 6.07) is 10.0. The molecule has 0 aromatic heterocycles. The van der Waals surface area contributed by atoms with Crippen LogP contribution in [-0.2, 0) is 18.1 Å². The van der Waals surface area contributed by atoms with Crippen LogP contribution >= 0.6 is 0 Å². The first-order valence-electron chi connectivity index (χ1n) is 1.92. The molecule has 0 saturated heterocycles. The fourth-order valence-electron chi connectivity index (χ4n) is 0.321. The summed E-state index contributed by atoms with van der Waals surface area (Å²) >= 11 is -2.17. The van der Waals surface area contributed by atoms with E-state index in [-0.39, 0.29) is 7.43 Å². The third kappa shape index (κ3) is 11.4. The van der Waals surface area contributed by atoms with Gasteiger partial charge in [-0.3, -0.25) is 0 Å². The van der Waals surface area contributed by atoms with Gasteiger partial charge in [-0.15, -0.1) is 0 Å². The van der Waals surface area contributed by atoms with Crippen molar-refractivity contribution in [2.45, 2.75) is 0 Å². The molecular formula is C6H8F2Rh-2. The summed E-state index contributed by atoms with van der Waals surface area (Å²) in [7, 11) is 0. The van der Waals surface area contributed by atoms with E-state index >= 15 is 0 Å². The van der Waals surface area contributed by atoms with E-state index in [9.17, 15) is 6.63 Å². The minimum atomic E-state index is -2.17. The molecule has 1 aromatic carbocycles. The van der Waals surface area contributed by atoms with Gasteiger partial charge in [-0.1, -0.05) is 0 Å². The summed E-state index contributed by atoms with van der Waals surface area (Å²) < 4.78 is 19.4. The second-order valence-corrected chi connectivity index (χ2v) is 1.24. The summed E-state index contributed by atoms with van der Waals surface area (Å²) in [4.78, 5) is 0. The Morgan fingerprint density at radius 2 is 1.44 bits per heavy atom. The molecule has 0 atom stereocenters. The van der Waals surface area contributed by atoms with E-state index in [0.29, 0.717) is 0 Å². The second-order valence-electron chi connectivity index (χ2n) is 1.01. The fraction of sp³-hybridized carbons (Fsp3) is 0. The van der Waals surface area contributed by atoms with E-state index in [1.165, 1.54) is 0 Å². The van der Waals surface area contributed by atoms with Crippen LogP contribution < -0.4 is 0 Å². The van der Waals surface area contributed by atoms with Gasteiger partial charge in [0.25, 0.3) is 0 Å². The molecule has 0 heterocycles. The van der Waals surface area contributed by atoms with Crippen LogP contribution in [0.5, 0.6) is 0 Å². The monoisotopic (exact) mass is 221 g/mol. The van der Waals surface area contributed by atoms with Gasteiger partial charge in [0.15, 0.2) is 0 Å². The molecule has 0 nitrogen and oxygen atoms in total. The maximum Gasteiger partial charge on any atom is -0.172 e. The molecule has 0 radical (unpaired) electrons. The largest absolute Gasteiger partial charge is 0.214 e. The Morgan fingerprint density at radius 1 is 1.11 bits per heavy atom. The molecule has 0 aliphatic carbocycles. The van der Waals surface area contributed by atoms with Gasteiger partial charge in [-0.05, 0) is 0 Å². The van der Waals surface area contributed by atoms with Gasteiger partial charge in [0, 0.05) is 0 Å². The average Bonchev–Trinajstić information content (AvgIpc) is 2.17. The summed E-state index contributed by atoms with van der Waals surface area (Å²) in [6.45, 7) is 0. The normalized spacial score (nSPS) is 6.89. The molecule has 0 saturated carbocycles. The summed E-state index contributed by atoms with van der Waals surface area (Å²) in [5.74, 6) is 0. The topological polar surface area (TPSA) is 0 Å². The molecule has 0 unspecified atom stereocenters. The Morgan fingerprint density at radius 3 is 1.56 bits per heavy atom. The zero-order valence-electron chi connectivity index (χ0n) is 4.98. The van der Waals surface area contributed by atoms with Gasteiger partial charge in [0.2, 0.25) is 0 Å². The Bertz CT molecular complexity index is 78.0. The third-order valence-corrected chi connectivity index (χ3v) is 0.556. The average molecular weight is 221 g/mol. The molecule has 0 aliphatic rings. The van der Waals surface area contributed by atoms with E-state index < -0.39 is 18.1 Å². The predicted octanol–water partition coefficient (Wildman–Crippen LogP) is 2.69. The molecule has 0 N–H and O–H groups in total. The van der Waals surface area contributed by atoms with Crippen molar-refractivity contribution < 1.29 is 24.8 Å². The van der Waals surface area contributed by atoms with Crippen LogP contribution in [-0.4, -0.2) is 0 Å². The van der Waals surface area contributed by atoms with E-state index in [4.69, 9.17) is 0 Å². The first-order valence-corrected chi connectivity index (χ1v) is 3.16. The van der Waals surface area contributed by atoms with Crippen molar-refractivity contribution >= 4 is 0 Å². The van der Waals surface area contributed by atoms with Crippen molar-refractivity contribution in [3.8, 4) is 0 Å². The molecule has 3 heteroatoms. The summed E-state index contributed by atoms with van der Waals surface area (Å²) in [5.41, 5.74) is 0. The number of halogens is 2. The quantitative estimate of drug-likeness (QED) is 0.466. The minimum absolute atomic E-state index is 0. The Kier molecular flexibility index (Phi) is 13.9. The van der Waals surface area contributed by atoms with Crippen molar-refractivity contribution in [1.29, 1.82) is 0 Å². The molecule has 0 amide bonds. The van der Waals surface area contributed by atoms with Gasteiger partial charge >= 0.3 is 24.8 Å². The smallest absolute Gasteiger partial charge is 0.172 e. The molecule has 0 spiro atoms. The van der Waals surface area contributed by atoms with Crippen LogP contribution in [0.25, 0.3) is 0 Å². The van der Waals surface area contributed by atoms with E-state index in [2.05, 4.69) is 0 Å². The third-order valence-electron chi connectivity index (χ3n) is 0.556.